The minimum atomic E-state index is -0.680. The summed E-state index contributed by atoms with van der Waals surface area (Å²) < 4.78 is 1.75. The van der Waals surface area contributed by atoms with E-state index in [1.54, 1.807) is 35.4 Å². The zero-order valence-corrected chi connectivity index (χ0v) is 14.3. The summed E-state index contributed by atoms with van der Waals surface area (Å²) in [4.78, 5) is 34.6. The molecule has 0 saturated carbocycles. The molecule has 2 aromatic rings. The van der Waals surface area contributed by atoms with E-state index in [0.29, 0.717) is 17.5 Å². The van der Waals surface area contributed by atoms with Crippen LogP contribution in [0.5, 0.6) is 0 Å². The van der Waals surface area contributed by atoms with Crippen molar-refractivity contribution in [1.82, 2.24) is 24.8 Å². The molecule has 2 N–H and O–H groups in total. The molecular weight excluding hydrogens is 320 g/mol. The molecule has 25 heavy (non-hydrogen) atoms. The molecule has 0 radical (unpaired) electrons. The van der Waals surface area contributed by atoms with E-state index in [0.717, 1.165) is 19.5 Å². The van der Waals surface area contributed by atoms with Crippen molar-refractivity contribution in [3.05, 3.63) is 37.1 Å². The summed E-state index contributed by atoms with van der Waals surface area (Å²) in [5.41, 5.74) is 0.472. The predicted molar refractivity (Wildman–Crippen MR) is 93.2 cm³/mol. The third kappa shape index (κ3) is 4.21. The molecule has 1 atom stereocenters. The van der Waals surface area contributed by atoms with Crippen molar-refractivity contribution < 1.29 is 9.59 Å². The molecule has 1 aliphatic rings. The average molecular weight is 342 g/mol. The normalized spacial score (nSPS) is 17.6. The van der Waals surface area contributed by atoms with Gasteiger partial charge in [0.2, 0.25) is 0 Å². The molecule has 1 aliphatic heterocycles. The fourth-order valence-electron chi connectivity index (χ4n) is 2.82. The number of anilines is 1. The van der Waals surface area contributed by atoms with E-state index in [1.165, 1.54) is 6.20 Å². The van der Waals surface area contributed by atoms with Crippen LogP contribution in [0.1, 0.15) is 20.3 Å². The van der Waals surface area contributed by atoms with Crippen LogP contribution in [-0.4, -0.2) is 56.4 Å². The van der Waals surface area contributed by atoms with Crippen LogP contribution in [0, 0.1) is 0 Å². The molecule has 0 bridgehead atoms. The molecule has 1 unspecified atom stereocenters. The van der Waals surface area contributed by atoms with Gasteiger partial charge in [-0.2, -0.15) is 0 Å². The number of nitrogens with zero attached hydrogens (tertiary/aromatic N) is 4. The highest BCUT2D eigenvalue weighted by Gasteiger charge is 2.27. The number of pyridine rings is 1. The average Bonchev–Trinajstić information content (AvgIpc) is 3.27. The largest absolute Gasteiger partial charge is 0.344 e. The van der Waals surface area contributed by atoms with Gasteiger partial charge in [0.25, 0.3) is 0 Å². The summed E-state index contributed by atoms with van der Waals surface area (Å²) in [5.74, 6) is -0.617. The highest BCUT2D eigenvalue weighted by Crippen LogP contribution is 2.13. The Kier molecular flexibility index (Phi) is 5.08. The minimum absolute atomic E-state index is 0.0161. The standard InChI is InChI=1S/C17H22N6O2/c1-12(2)22-7-5-14(10-22)21-17(25)16(24)20-13-3-4-15(19-9-13)23-8-6-18-11-23/h3-4,6,8-9,11-12,14H,5,7,10H2,1-2H3,(H,20,24)(H,21,25). The molecular formula is C17H22N6O2. The summed E-state index contributed by atoms with van der Waals surface area (Å²) in [6.45, 7) is 5.95. The van der Waals surface area contributed by atoms with E-state index >= 15 is 0 Å². The molecule has 0 aromatic carbocycles. The first kappa shape index (κ1) is 17.1. The van der Waals surface area contributed by atoms with Crippen molar-refractivity contribution in [2.45, 2.75) is 32.4 Å². The Balaban J connectivity index is 1.52. The lowest BCUT2D eigenvalue weighted by Gasteiger charge is -2.20. The van der Waals surface area contributed by atoms with Gasteiger partial charge in [-0.15, -0.1) is 0 Å². The van der Waals surface area contributed by atoms with Crippen molar-refractivity contribution in [3.8, 4) is 5.82 Å². The number of rotatable bonds is 4. The zero-order chi connectivity index (χ0) is 17.8. The van der Waals surface area contributed by atoms with Crippen LogP contribution < -0.4 is 10.6 Å². The van der Waals surface area contributed by atoms with E-state index in [2.05, 4.69) is 39.3 Å². The first-order chi connectivity index (χ1) is 12.0. The topological polar surface area (TPSA) is 92.2 Å². The maximum absolute atomic E-state index is 12.1. The van der Waals surface area contributed by atoms with Crippen molar-refractivity contribution in [3.63, 3.8) is 0 Å². The van der Waals surface area contributed by atoms with Gasteiger partial charge in [-0.05, 0) is 32.4 Å². The van der Waals surface area contributed by atoms with E-state index in [1.807, 2.05) is 0 Å². The van der Waals surface area contributed by atoms with Gasteiger partial charge < -0.3 is 10.6 Å². The van der Waals surface area contributed by atoms with Crippen LogP contribution in [0.3, 0.4) is 0 Å². The van der Waals surface area contributed by atoms with Gasteiger partial charge in [0.15, 0.2) is 0 Å². The van der Waals surface area contributed by atoms with E-state index in [-0.39, 0.29) is 6.04 Å². The fraction of sp³-hybridized carbons (Fsp3) is 0.412. The van der Waals surface area contributed by atoms with Gasteiger partial charge in [0.1, 0.15) is 12.1 Å². The number of carbonyl (C=O) groups excluding carboxylic acids is 2. The van der Waals surface area contributed by atoms with Crippen molar-refractivity contribution in [2.75, 3.05) is 18.4 Å². The lowest BCUT2D eigenvalue weighted by molar-refractivity contribution is -0.136. The Morgan fingerprint density at radius 3 is 2.72 bits per heavy atom. The zero-order valence-electron chi connectivity index (χ0n) is 14.3. The fourth-order valence-corrected chi connectivity index (χ4v) is 2.82. The Hall–Kier alpha value is -2.74. The Bertz CT molecular complexity index is 726. The second kappa shape index (κ2) is 7.43. The summed E-state index contributed by atoms with van der Waals surface area (Å²) in [6, 6.07) is 3.90. The van der Waals surface area contributed by atoms with Crippen molar-refractivity contribution in [1.29, 1.82) is 0 Å². The predicted octanol–water partition coefficient (Wildman–Crippen LogP) is 0.805. The third-order valence-corrected chi connectivity index (χ3v) is 4.27. The number of amides is 2. The van der Waals surface area contributed by atoms with Gasteiger partial charge >= 0.3 is 11.8 Å². The van der Waals surface area contributed by atoms with Gasteiger partial charge in [0, 0.05) is 37.6 Å². The molecule has 1 saturated heterocycles. The summed E-state index contributed by atoms with van der Waals surface area (Å²) in [6.07, 6.45) is 7.44. The number of carbonyl (C=O) groups is 2. The van der Waals surface area contributed by atoms with E-state index in [9.17, 15) is 9.59 Å². The molecule has 3 heterocycles. The summed E-state index contributed by atoms with van der Waals surface area (Å²) >= 11 is 0. The van der Waals surface area contributed by atoms with E-state index < -0.39 is 11.8 Å². The number of imidazole rings is 1. The summed E-state index contributed by atoms with van der Waals surface area (Å²) in [5, 5.41) is 5.36. The van der Waals surface area contributed by atoms with Crippen LogP contribution in [0.2, 0.25) is 0 Å². The minimum Gasteiger partial charge on any atom is -0.344 e. The van der Waals surface area contributed by atoms with E-state index in [4.69, 9.17) is 0 Å². The Labute approximate surface area is 146 Å². The molecule has 132 valence electrons. The molecule has 0 spiro atoms. The third-order valence-electron chi connectivity index (χ3n) is 4.27. The van der Waals surface area contributed by atoms with Crippen LogP contribution in [0.15, 0.2) is 37.1 Å². The molecule has 8 nitrogen and oxygen atoms in total. The number of hydrogen-bond acceptors (Lipinski definition) is 5. The maximum atomic E-state index is 12.1. The van der Waals surface area contributed by atoms with Gasteiger partial charge in [-0.3, -0.25) is 19.1 Å². The van der Waals surface area contributed by atoms with Crippen molar-refractivity contribution in [2.24, 2.45) is 0 Å². The van der Waals surface area contributed by atoms with Crippen LogP contribution in [0.25, 0.3) is 5.82 Å². The SMILES string of the molecule is CC(C)N1CCC(NC(=O)C(=O)Nc2ccc(-n3ccnc3)nc2)C1. The second-order valence-corrected chi connectivity index (χ2v) is 6.38. The van der Waals surface area contributed by atoms with Crippen LogP contribution in [-0.2, 0) is 9.59 Å². The van der Waals surface area contributed by atoms with Gasteiger partial charge in [-0.25, -0.2) is 9.97 Å². The second-order valence-electron chi connectivity index (χ2n) is 6.38. The molecule has 2 aromatic heterocycles. The Morgan fingerprint density at radius 1 is 1.28 bits per heavy atom. The summed E-state index contributed by atoms with van der Waals surface area (Å²) in [7, 11) is 0. The molecule has 3 rings (SSSR count). The lowest BCUT2D eigenvalue weighted by atomic mass is 10.2. The van der Waals surface area contributed by atoms with Crippen molar-refractivity contribution >= 4 is 17.5 Å². The molecule has 0 aliphatic carbocycles. The van der Waals surface area contributed by atoms with Crippen LogP contribution >= 0.6 is 0 Å². The number of hydrogen-bond donors (Lipinski definition) is 2. The smallest absolute Gasteiger partial charge is 0.313 e. The monoisotopic (exact) mass is 342 g/mol. The van der Waals surface area contributed by atoms with Gasteiger partial charge in [0.05, 0.1) is 11.9 Å². The maximum Gasteiger partial charge on any atom is 0.313 e. The first-order valence-corrected chi connectivity index (χ1v) is 8.33. The number of nitrogens with one attached hydrogen (secondary N) is 2. The van der Waals surface area contributed by atoms with Gasteiger partial charge in [-0.1, -0.05) is 0 Å². The molecule has 2 amide bonds. The number of likely N-dealkylation sites (tertiary alicyclic amines) is 1. The quantitative estimate of drug-likeness (QED) is 0.802. The first-order valence-electron chi connectivity index (χ1n) is 8.33. The molecule has 1 fully saturated rings. The molecule has 8 heteroatoms. The number of aromatic nitrogens is 3. The highest BCUT2D eigenvalue weighted by atomic mass is 16.2. The lowest BCUT2D eigenvalue weighted by Crippen LogP contribution is -2.43. The highest BCUT2D eigenvalue weighted by molar-refractivity contribution is 6.39. The Morgan fingerprint density at radius 2 is 2.12 bits per heavy atom. The van der Waals surface area contributed by atoms with Crippen LogP contribution in [0.4, 0.5) is 5.69 Å².